The lowest BCUT2D eigenvalue weighted by atomic mass is 10.0. The van der Waals surface area contributed by atoms with Crippen molar-refractivity contribution in [2.75, 3.05) is 27.3 Å². The highest BCUT2D eigenvalue weighted by atomic mass is 32.1. The number of alkyl carbamates (subject to hydrolysis) is 2. The van der Waals surface area contributed by atoms with Gasteiger partial charge in [0.15, 0.2) is 0 Å². The molecule has 60 heavy (non-hydrogen) atoms. The topological polar surface area (TPSA) is 175 Å². The zero-order valence-corrected chi connectivity index (χ0v) is 36.2. The number of nitrogens with zero attached hydrogens (tertiary/aromatic N) is 4. The van der Waals surface area contributed by atoms with Crippen LogP contribution in [0.3, 0.4) is 0 Å². The van der Waals surface area contributed by atoms with Crippen molar-refractivity contribution < 1.29 is 28.7 Å². The molecule has 0 radical (unpaired) electrons. The molecular formula is C44H50N8O6S2. The highest BCUT2D eigenvalue weighted by Crippen LogP contribution is 2.44. The van der Waals surface area contributed by atoms with Crippen LogP contribution in [0.1, 0.15) is 77.1 Å². The standard InChI is InChI=1S/C44H50N8O6S2/c1-23(2)35(49-43(55)57-5)41(53)51-17-7-9-33(51)39-45-20-32(48-39)29-22-60-37-28(21-59-38(29)37)26-13-11-25(12-14-26)27-15-16-30-31(19-27)47-40(46-30)34-10-8-18-52(34)42(54)36(24(3)4)50-44(56)58-6/h11-16,19-24,33-36H,7-10,17-18H2,1-6H3,(H,45,48)(H,46,47)(H,49,55)(H,50,56). The minimum Gasteiger partial charge on any atom is -0.453 e. The molecule has 6 aromatic rings. The second-order valence-electron chi connectivity index (χ2n) is 16.2. The molecule has 4 amide bonds. The number of hydrogen-bond donors (Lipinski definition) is 4. The number of benzene rings is 2. The lowest BCUT2D eigenvalue weighted by Gasteiger charge is -2.30. The summed E-state index contributed by atoms with van der Waals surface area (Å²) in [6.45, 7) is 8.83. The van der Waals surface area contributed by atoms with Gasteiger partial charge in [-0.1, -0.05) is 58.0 Å². The van der Waals surface area contributed by atoms with Crippen LogP contribution in [0.25, 0.3) is 53.9 Å². The molecule has 16 heteroatoms. The van der Waals surface area contributed by atoms with E-state index in [0.29, 0.717) is 13.1 Å². The SMILES string of the molecule is COC(=O)NC(C(=O)N1CCCC1c1ncc(-c2csc3c(-c4ccc(-c5ccc6nc(C7CCCN7C(=O)C(NC(=O)OC)C(C)C)[nH]c6c5)cc4)csc23)[nH]1)C(C)C. The number of hydrogen-bond acceptors (Lipinski definition) is 10. The summed E-state index contributed by atoms with van der Waals surface area (Å²) in [4.78, 5) is 71.7. The summed E-state index contributed by atoms with van der Waals surface area (Å²) in [5.41, 5.74) is 8.15. The van der Waals surface area contributed by atoms with E-state index in [1.165, 1.54) is 29.2 Å². The molecule has 0 aliphatic carbocycles. The van der Waals surface area contributed by atoms with Gasteiger partial charge in [-0.3, -0.25) is 9.59 Å². The van der Waals surface area contributed by atoms with Crippen molar-refractivity contribution in [3.63, 3.8) is 0 Å². The molecule has 4 aromatic heterocycles. The van der Waals surface area contributed by atoms with Crippen molar-refractivity contribution in [1.29, 1.82) is 0 Å². The van der Waals surface area contributed by atoms with E-state index in [-0.39, 0.29) is 35.7 Å². The first-order chi connectivity index (χ1) is 28.9. The maximum atomic E-state index is 13.7. The van der Waals surface area contributed by atoms with Crippen LogP contribution in [0, 0.1) is 11.8 Å². The number of H-pyrrole nitrogens is 2. The number of nitrogens with one attached hydrogen (secondary N) is 4. The van der Waals surface area contributed by atoms with Gasteiger partial charge >= 0.3 is 12.2 Å². The zero-order chi connectivity index (χ0) is 42.2. The number of aromatic amines is 2. The van der Waals surface area contributed by atoms with Gasteiger partial charge in [0.05, 0.1) is 58.6 Å². The Hall–Kier alpha value is -5.74. The molecule has 4 atom stereocenters. The van der Waals surface area contributed by atoms with Crippen molar-refractivity contribution in [1.82, 2.24) is 40.4 Å². The third kappa shape index (κ3) is 7.85. The first-order valence-electron chi connectivity index (χ1n) is 20.4. The van der Waals surface area contributed by atoms with E-state index in [9.17, 15) is 19.2 Å². The fraction of sp³-hybridized carbons (Fsp3) is 0.409. The molecule has 0 saturated carbocycles. The Bertz CT molecular complexity index is 2540. The summed E-state index contributed by atoms with van der Waals surface area (Å²) in [6, 6.07) is 13.0. The smallest absolute Gasteiger partial charge is 0.407 e. The van der Waals surface area contributed by atoms with Crippen LogP contribution >= 0.6 is 22.7 Å². The van der Waals surface area contributed by atoms with Crippen molar-refractivity contribution >= 4 is 67.1 Å². The van der Waals surface area contributed by atoms with Crippen LogP contribution in [-0.2, 0) is 19.1 Å². The number of carbonyl (C=O) groups is 4. The molecule has 2 aliphatic rings. The summed E-state index contributed by atoms with van der Waals surface area (Å²) in [6.07, 6.45) is 3.89. The Morgan fingerprint density at radius 3 is 1.83 bits per heavy atom. The third-order valence-corrected chi connectivity index (χ3v) is 13.8. The number of rotatable bonds is 11. The number of methoxy groups -OCH3 is 2. The zero-order valence-electron chi connectivity index (χ0n) is 34.5. The minimum atomic E-state index is -0.690. The first kappa shape index (κ1) is 41.0. The number of amides is 4. The molecule has 314 valence electrons. The van der Waals surface area contributed by atoms with E-state index >= 15 is 0 Å². The Labute approximate surface area is 356 Å². The average molecular weight is 851 g/mol. The fourth-order valence-electron chi connectivity index (χ4n) is 8.44. The molecule has 4 N–H and O–H groups in total. The Balaban J connectivity index is 0.974. The lowest BCUT2D eigenvalue weighted by molar-refractivity contribution is -0.136. The predicted molar refractivity (Wildman–Crippen MR) is 234 cm³/mol. The number of aromatic nitrogens is 4. The van der Waals surface area contributed by atoms with E-state index in [4.69, 9.17) is 19.4 Å². The third-order valence-electron chi connectivity index (χ3n) is 11.7. The molecule has 6 heterocycles. The van der Waals surface area contributed by atoms with Gasteiger partial charge < -0.3 is 39.9 Å². The quantitative estimate of drug-likeness (QED) is 0.100. The van der Waals surface area contributed by atoms with E-state index in [1.54, 1.807) is 22.7 Å². The molecule has 14 nitrogen and oxygen atoms in total. The van der Waals surface area contributed by atoms with Crippen LogP contribution in [0.2, 0.25) is 0 Å². The number of likely N-dealkylation sites (tertiary alicyclic amines) is 2. The van der Waals surface area contributed by atoms with E-state index < -0.39 is 24.3 Å². The number of fused-ring (bicyclic) bond motifs is 2. The average Bonchev–Trinajstić information content (AvgIpc) is 4.10. The van der Waals surface area contributed by atoms with Crippen LogP contribution in [-0.4, -0.2) is 93.1 Å². The molecule has 0 bridgehead atoms. The van der Waals surface area contributed by atoms with Gasteiger partial charge in [-0.2, -0.15) is 0 Å². The van der Waals surface area contributed by atoms with Gasteiger partial charge in [-0.05, 0) is 66.3 Å². The van der Waals surface area contributed by atoms with Crippen LogP contribution in [0.5, 0.6) is 0 Å². The maximum absolute atomic E-state index is 13.7. The highest BCUT2D eigenvalue weighted by molar-refractivity contribution is 7.27. The van der Waals surface area contributed by atoms with Crippen LogP contribution < -0.4 is 10.6 Å². The number of thiophene rings is 2. The molecule has 2 aromatic carbocycles. The summed E-state index contributed by atoms with van der Waals surface area (Å²) >= 11 is 3.42. The molecule has 4 unspecified atom stereocenters. The summed E-state index contributed by atoms with van der Waals surface area (Å²) in [5, 5.41) is 9.80. The van der Waals surface area contributed by atoms with E-state index in [1.807, 2.05) is 49.8 Å². The van der Waals surface area contributed by atoms with E-state index in [2.05, 4.69) is 67.8 Å². The first-order valence-corrected chi connectivity index (χ1v) is 22.2. The van der Waals surface area contributed by atoms with Crippen LogP contribution in [0.15, 0.2) is 59.4 Å². The second kappa shape index (κ2) is 17.1. The second-order valence-corrected chi connectivity index (χ2v) is 17.9. The van der Waals surface area contributed by atoms with Gasteiger partial charge in [0.25, 0.3) is 0 Å². The number of imidazole rings is 2. The molecule has 2 saturated heterocycles. The fourth-order valence-corrected chi connectivity index (χ4v) is 10.9. The number of ether oxygens (including phenoxy) is 2. The minimum absolute atomic E-state index is 0.105. The Morgan fingerprint density at radius 1 is 0.717 bits per heavy atom. The Morgan fingerprint density at radius 2 is 1.25 bits per heavy atom. The van der Waals surface area contributed by atoms with Crippen molar-refractivity contribution in [3.8, 4) is 33.5 Å². The summed E-state index contributed by atoms with van der Waals surface area (Å²) in [7, 11) is 2.59. The van der Waals surface area contributed by atoms with Gasteiger partial charge in [-0.15, -0.1) is 22.7 Å². The van der Waals surface area contributed by atoms with Crippen LogP contribution in [0.4, 0.5) is 9.59 Å². The van der Waals surface area contributed by atoms with Gasteiger partial charge in [0.1, 0.15) is 23.7 Å². The lowest BCUT2D eigenvalue weighted by Crippen LogP contribution is -2.51. The molecule has 0 spiro atoms. The monoisotopic (exact) mass is 850 g/mol. The maximum Gasteiger partial charge on any atom is 0.407 e. The Kier molecular flexibility index (Phi) is 11.7. The van der Waals surface area contributed by atoms with E-state index in [0.717, 1.165) is 76.3 Å². The van der Waals surface area contributed by atoms with Crippen molar-refractivity contribution in [2.24, 2.45) is 11.8 Å². The predicted octanol–water partition coefficient (Wildman–Crippen LogP) is 8.65. The van der Waals surface area contributed by atoms with Gasteiger partial charge in [0.2, 0.25) is 11.8 Å². The molecule has 2 fully saturated rings. The van der Waals surface area contributed by atoms with Gasteiger partial charge in [-0.25, -0.2) is 19.6 Å². The number of carbonyl (C=O) groups excluding carboxylic acids is 4. The molecule has 8 rings (SSSR count). The molecule has 2 aliphatic heterocycles. The highest BCUT2D eigenvalue weighted by Gasteiger charge is 2.39. The largest absolute Gasteiger partial charge is 0.453 e. The van der Waals surface area contributed by atoms with Crippen molar-refractivity contribution in [3.05, 3.63) is 71.1 Å². The normalized spacial score (nSPS) is 17.8. The summed E-state index contributed by atoms with van der Waals surface area (Å²) < 4.78 is 11.9. The summed E-state index contributed by atoms with van der Waals surface area (Å²) in [5.74, 6) is 1.01. The van der Waals surface area contributed by atoms with Gasteiger partial charge in [0, 0.05) is 35.0 Å². The molecular weight excluding hydrogens is 801 g/mol. The van der Waals surface area contributed by atoms with Crippen molar-refractivity contribution in [2.45, 2.75) is 77.5 Å².